The van der Waals surface area contributed by atoms with Crippen LogP contribution in [0.15, 0.2) is 18.2 Å². The average molecular weight is 290 g/mol. The highest BCUT2D eigenvalue weighted by atomic mass is 35.5. The maximum Gasteiger partial charge on any atom is 0.181 e. The number of carbonyl (C=O) groups is 1. The molecule has 0 fully saturated rings. The smallest absolute Gasteiger partial charge is 0.181 e. The van der Waals surface area contributed by atoms with Crippen molar-refractivity contribution in [3.8, 4) is 0 Å². The third-order valence-electron chi connectivity index (χ3n) is 2.91. The van der Waals surface area contributed by atoms with Gasteiger partial charge >= 0.3 is 0 Å². The number of likely N-dealkylation sites (N-methyl/N-ethyl adjacent to an activating group) is 1. The SMILES string of the molecule is CC(C(=O)c1ccc(Cl)cc1Cl)N(C)CCCO. The summed E-state index contributed by atoms with van der Waals surface area (Å²) in [6.07, 6.45) is 0.641. The van der Waals surface area contributed by atoms with Crippen LogP contribution in [0.5, 0.6) is 0 Å². The number of Topliss-reactive ketones (excluding diaryl/α,β-unsaturated/α-hetero) is 1. The summed E-state index contributed by atoms with van der Waals surface area (Å²) in [4.78, 5) is 14.1. The van der Waals surface area contributed by atoms with Crippen LogP contribution in [-0.2, 0) is 0 Å². The van der Waals surface area contributed by atoms with Crippen molar-refractivity contribution in [2.24, 2.45) is 0 Å². The van der Waals surface area contributed by atoms with E-state index < -0.39 is 0 Å². The van der Waals surface area contributed by atoms with E-state index in [-0.39, 0.29) is 18.4 Å². The standard InChI is InChI=1S/C13H17Cl2NO2/c1-9(16(2)6-3-7-17)13(18)11-5-4-10(14)8-12(11)15/h4-5,8-9,17H,3,6-7H2,1-2H3. The van der Waals surface area contributed by atoms with Gasteiger partial charge in [0.1, 0.15) is 0 Å². The summed E-state index contributed by atoms with van der Waals surface area (Å²) in [6.45, 7) is 2.60. The van der Waals surface area contributed by atoms with Gasteiger partial charge in [-0.25, -0.2) is 0 Å². The molecule has 1 N–H and O–H groups in total. The second kappa shape index (κ2) is 7.10. The van der Waals surface area contributed by atoms with Crippen LogP contribution in [-0.4, -0.2) is 42.0 Å². The Hall–Kier alpha value is -0.610. The maximum absolute atomic E-state index is 12.2. The predicted molar refractivity (Wildman–Crippen MR) is 74.6 cm³/mol. The maximum atomic E-state index is 12.2. The first kappa shape index (κ1) is 15.4. The molecule has 5 heteroatoms. The van der Waals surface area contributed by atoms with E-state index in [0.717, 1.165) is 0 Å². The monoisotopic (exact) mass is 289 g/mol. The Kier molecular flexibility index (Phi) is 6.09. The van der Waals surface area contributed by atoms with Gasteiger partial charge in [0.25, 0.3) is 0 Å². The Bertz CT molecular complexity index is 423. The van der Waals surface area contributed by atoms with Crippen molar-refractivity contribution in [2.45, 2.75) is 19.4 Å². The molecule has 0 aliphatic rings. The average Bonchev–Trinajstić information content (AvgIpc) is 2.34. The molecule has 1 rings (SSSR count). The Labute approximate surface area is 117 Å². The molecule has 18 heavy (non-hydrogen) atoms. The first-order valence-corrected chi connectivity index (χ1v) is 6.53. The zero-order chi connectivity index (χ0) is 13.7. The summed E-state index contributed by atoms with van der Waals surface area (Å²) in [5.74, 6) is -0.0443. The van der Waals surface area contributed by atoms with Crippen LogP contribution in [0, 0.1) is 0 Å². The zero-order valence-corrected chi connectivity index (χ0v) is 12.0. The largest absolute Gasteiger partial charge is 0.396 e. The van der Waals surface area contributed by atoms with Crippen molar-refractivity contribution < 1.29 is 9.90 Å². The third kappa shape index (κ3) is 3.95. The number of rotatable bonds is 6. The number of hydrogen-bond donors (Lipinski definition) is 1. The fraction of sp³-hybridized carbons (Fsp3) is 0.462. The summed E-state index contributed by atoms with van der Waals surface area (Å²) >= 11 is 11.8. The highest BCUT2D eigenvalue weighted by Gasteiger charge is 2.21. The highest BCUT2D eigenvalue weighted by molar-refractivity contribution is 6.37. The predicted octanol–water partition coefficient (Wildman–Crippen LogP) is 2.88. The molecule has 0 aromatic heterocycles. The fourth-order valence-electron chi connectivity index (χ4n) is 1.63. The second-order valence-corrected chi connectivity index (χ2v) is 5.07. The van der Waals surface area contributed by atoms with Gasteiger partial charge in [0.2, 0.25) is 0 Å². The van der Waals surface area contributed by atoms with E-state index in [1.807, 2.05) is 18.9 Å². The van der Waals surface area contributed by atoms with E-state index in [9.17, 15) is 4.79 Å². The van der Waals surface area contributed by atoms with E-state index >= 15 is 0 Å². The number of carbonyl (C=O) groups excluding carboxylic acids is 1. The van der Waals surface area contributed by atoms with Crippen LogP contribution in [0.2, 0.25) is 10.0 Å². The van der Waals surface area contributed by atoms with Crippen molar-refractivity contribution in [1.82, 2.24) is 4.90 Å². The summed E-state index contributed by atoms with van der Waals surface area (Å²) < 4.78 is 0. The van der Waals surface area contributed by atoms with Gasteiger partial charge in [0.15, 0.2) is 5.78 Å². The molecule has 0 bridgehead atoms. The topological polar surface area (TPSA) is 40.5 Å². The van der Waals surface area contributed by atoms with Crippen molar-refractivity contribution >= 4 is 29.0 Å². The summed E-state index contributed by atoms with van der Waals surface area (Å²) in [6, 6.07) is 4.58. The van der Waals surface area contributed by atoms with Crippen LogP contribution < -0.4 is 0 Å². The van der Waals surface area contributed by atoms with Gasteiger partial charge < -0.3 is 5.11 Å². The highest BCUT2D eigenvalue weighted by Crippen LogP contribution is 2.23. The van der Waals surface area contributed by atoms with E-state index in [0.29, 0.717) is 28.6 Å². The molecule has 1 unspecified atom stereocenters. The third-order valence-corrected chi connectivity index (χ3v) is 3.45. The molecule has 0 heterocycles. The lowest BCUT2D eigenvalue weighted by Gasteiger charge is -2.23. The van der Waals surface area contributed by atoms with Crippen LogP contribution in [0.3, 0.4) is 0 Å². The molecule has 1 aromatic carbocycles. The Morgan fingerprint density at radius 1 is 1.44 bits per heavy atom. The summed E-state index contributed by atoms with van der Waals surface area (Å²) in [7, 11) is 1.85. The summed E-state index contributed by atoms with van der Waals surface area (Å²) in [5.41, 5.74) is 0.476. The first-order valence-electron chi connectivity index (χ1n) is 5.77. The molecular formula is C13H17Cl2NO2. The van der Waals surface area contributed by atoms with Gasteiger partial charge in [-0.15, -0.1) is 0 Å². The molecule has 3 nitrogen and oxygen atoms in total. The molecule has 0 amide bonds. The number of benzene rings is 1. The molecule has 1 atom stereocenters. The minimum atomic E-state index is -0.282. The van der Waals surface area contributed by atoms with Crippen molar-refractivity contribution in [2.75, 3.05) is 20.2 Å². The van der Waals surface area contributed by atoms with Crippen LogP contribution in [0.1, 0.15) is 23.7 Å². The van der Waals surface area contributed by atoms with Crippen molar-refractivity contribution in [1.29, 1.82) is 0 Å². The van der Waals surface area contributed by atoms with Crippen LogP contribution in [0.25, 0.3) is 0 Å². The lowest BCUT2D eigenvalue weighted by atomic mass is 10.0. The number of nitrogens with zero attached hydrogens (tertiary/aromatic N) is 1. The van der Waals surface area contributed by atoms with Gasteiger partial charge in [-0.05, 0) is 38.6 Å². The minimum absolute atomic E-state index is 0.0443. The van der Waals surface area contributed by atoms with Crippen molar-refractivity contribution in [3.63, 3.8) is 0 Å². The first-order chi connectivity index (χ1) is 8.47. The van der Waals surface area contributed by atoms with Crippen LogP contribution >= 0.6 is 23.2 Å². The molecule has 0 radical (unpaired) electrons. The molecule has 0 spiro atoms. The number of halogens is 2. The van der Waals surface area contributed by atoms with Gasteiger partial charge in [-0.3, -0.25) is 9.69 Å². The normalized spacial score (nSPS) is 12.8. The van der Waals surface area contributed by atoms with Gasteiger partial charge in [-0.1, -0.05) is 23.2 Å². The van der Waals surface area contributed by atoms with E-state index in [4.69, 9.17) is 28.3 Å². The number of aliphatic hydroxyl groups excluding tert-OH is 1. The van der Waals surface area contributed by atoms with Gasteiger partial charge in [0.05, 0.1) is 11.1 Å². The Morgan fingerprint density at radius 3 is 2.67 bits per heavy atom. The van der Waals surface area contributed by atoms with E-state index in [1.54, 1.807) is 18.2 Å². The van der Waals surface area contributed by atoms with Gasteiger partial charge in [0, 0.05) is 23.7 Å². The molecular weight excluding hydrogens is 273 g/mol. The molecule has 0 saturated heterocycles. The number of hydrogen-bond acceptors (Lipinski definition) is 3. The Balaban J connectivity index is 2.79. The lowest BCUT2D eigenvalue weighted by molar-refractivity contribution is 0.0861. The fourth-order valence-corrected chi connectivity index (χ4v) is 2.13. The van der Waals surface area contributed by atoms with E-state index in [2.05, 4.69) is 0 Å². The number of aliphatic hydroxyl groups is 1. The zero-order valence-electron chi connectivity index (χ0n) is 10.5. The minimum Gasteiger partial charge on any atom is -0.396 e. The van der Waals surface area contributed by atoms with Gasteiger partial charge in [-0.2, -0.15) is 0 Å². The molecule has 0 aliphatic carbocycles. The van der Waals surface area contributed by atoms with Crippen molar-refractivity contribution in [3.05, 3.63) is 33.8 Å². The molecule has 1 aromatic rings. The van der Waals surface area contributed by atoms with Crippen LogP contribution in [0.4, 0.5) is 0 Å². The molecule has 0 aliphatic heterocycles. The Morgan fingerprint density at radius 2 is 2.11 bits per heavy atom. The molecule has 100 valence electrons. The lowest BCUT2D eigenvalue weighted by Crippen LogP contribution is -2.37. The summed E-state index contributed by atoms with van der Waals surface area (Å²) in [5, 5.41) is 9.66. The second-order valence-electron chi connectivity index (χ2n) is 4.22. The van der Waals surface area contributed by atoms with E-state index in [1.165, 1.54) is 0 Å². The number of ketones is 1. The quantitative estimate of drug-likeness (QED) is 0.819. The molecule has 0 saturated carbocycles.